The Hall–Kier alpha value is -1.83. The number of carbonyl (C=O) groups is 1. The van der Waals surface area contributed by atoms with Crippen molar-refractivity contribution in [3.8, 4) is 0 Å². The average molecular weight is 388 g/mol. The molecule has 0 saturated carbocycles. The highest BCUT2D eigenvalue weighted by Crippen LogP contribution is 2.31. The zero-order valence-corrected chi connectivity index (χ0v) is 16.3. The van der Waals surface area contributed by atoms with Crippen molar-refractivity contribution < 1.29 is 4.79 Å². The first kappa shape index (κ1) is 18.0. The fraction of sp³-hybridized carbons (Fsp3) is 0.167. The number of carbonyl (C=O) groups excluding carboxylic acids is 1. The van der Waals surface area contributed by atoms with Crippen LogP contribution in [0.15, 0.2) is 62.1 Å². The van der Waals surface area contributed by atoms with Crippen LogP contribution < -0.4 is 5.32 Å². The van der Waals surface area contributed by atoms with E-state index >= 15 is 0 Å². The molecule has 3 rings (SSSR count). The van der Waals surface area contributed by atoms with E-state index in [2.05, 4.69) is 47.6 Å². The highest BCUT2D eigenvalue weighted by Gasteiger charge is 2.07. The van der Waals surface area contributed by atoms with Crippen molar-refractivity contribution in [2.24, 2.45) is 0 Å². The molecule has 1 aromatic heterocycles. The molecule has 3 aromatic rings. The van der Waals surface area contributed by atoms with Crippen LogP contribution in [-0.4, -0.2) is 21.9 Å². The molecule has 0 bridgehead atoms. The third-order valence-corrected chi connectivity index (χ3v) is 6.40. The van der Waals surface area contributed by atoms with Crippen LogP contribution in [0.2, 0.25) is 0 Å². The minimum Gasteiger partial charge on any atom is -0.325 e. The number of nitrogens with zero attached hydrogens (tertiary/aromatic N) is 2. The van der Waals surface area contributed by atoms with Gasteiger partial charge in [-0.05, 0) is 55.3 Å². The van der Waals surface area contributed by atoms with Gasteiger partial charge in [0, 0.05) is 15.5 Å². The van der Waals surface area contributed by atoms with Crippen molar-refractivity contribution >= 4 is 46.5 Å². The van der Waals surface area contributed by atoms with Gasteiger partial charge < -0.3 is 5.32 Å². The van der Waals surface area contributed by atoms with Gasteiger partial charge in [0.1, 0.15) is 5.51 Å². The van der Waals surface area contributed by atoms with E-state index in [1.807, 2.05) is 24.3 Å². The first-order valence-electron chi connectivity index (χ1n) is 7.64. The van der Waals surface area contributed by atoms with Crippen molar-refractivity contribution in [1.29, 1.82) is 0 Å². The molecule has 4 nitrogen and oxygen atoms in total. The van der Waals surface area contributed by atoms with Gasteiger partial charge in [0.05, 0.1) is 5.75 Å². The summed E-state index contributed by atoms with van der Waals surface area (Å²) in [5.41, 5.74) is 4.98. The Bertz CT molecular complexity index is 849. The van der Waals surface area contributed by atoms with Gasteiger partial charge in [-0.15, -0.1) is 10.2 Å². The quantitative estimate of drug-likeness (QED) is 0.601. The number of aryl methyl sites for hydroxylation is 2. The molecule has 1 heterocycles. The molecule has 128 valence electrons. The predicted octanol–water partition coefficient (Wildman–Crippen LogP) is 5.04. The van der Waals surface area contributed by atoms with Crippen molar-refractivity contribution in [3.63, 3.8) is 0 Å². The Morgan fingerprint density at radius 2 is 1.96 bits per heavy atom. The lowest BCUT2D eigenvalue weighted by molar-refractivity contribution is -0.113. The van der Waals surface area contributed by atoms with E-state index in [0.717, 1.165) is 14.9 Å². The van der Waals surface area contributed by atoms with Crippen molar-refractivity contribution in [1.82, 2.24) is 10.2 Å². The van der Waals surface area contributed by atoms with Gasteiger partial charge in [-0.3, -0.25) is 4.79 Å². The number of hydrogen-bond donors (Lipinski definition) is 1. The summed E-state index contributed by atoms with van der Waals surface area (Å²) in [7, 11) is 0. The molecule has 2 aromatic carbocycles. The maximum Gasteiger partial charge on any atom is 0.234 e. The van der Waals surface area contributed by atoms with Gasteiger partial charge in [0.15, 0.2) is 4.34 Å². The molecule has 0 unspecified atom stereocenters. The van der Waals surface area contributed by atoms with E-state index in [4.69, 9.17) is 0 Å². The monoisotopic (exact) mass is 387 g/mol. The van der Waals surface area contributed by atoms with E-state index in [-0.39, 0.29) is 5.91 Å². The minimum atomic E-state index is -0.0462. The fourth-order valence-corrected chi connectivity index (χ4v) is 4.39. The van der Waals surface area contributed by atoms with Crippen LogP contribution in [0.4, 0.5) is 5.69 Å². The van der Waals surface area contributed by atoms with Crippen LogP contribution in [0.5, 0.6) is 0 Å². The largest absolute Gasteiger partial charge is 0.325 e. The summed E-state index contributed by atoms with van der Waals surface area (Å²) >= 11 is 4.56. The topological polar surface area (TPSA) is 54.9 Å². The van der Waals surface area contributed by atoms with Crippen LogP contribution in [0.25, 0.3) is 0 Å². The standard InChI is InChI=1S/C18H17N3OS3/c1-12-3-4-13(2)16(9-12)25-15-7-5-14(6-8-15)20-17(22)10-23-18-21-19-11-24-18/h3-9,11H,10H2,1-2H3,(H,20,22). The second kappa shape index (κ2) is 8.51. The zero-order chi connectivity index (χ0) is 17.6. The van der Waals surface area contributed by atoms with Gasteiger partial charge >= 0.3 is 0 Å². The Balaban J connectivity index is 1.56. The lowest BCUT2D eigenvalue weighted by Crippen LogP contribution is -2.13. The summed E-state index contributed by atoms with van der Waals surface area (Å²) in [6.07, 6.45) is 0. The Labute approximate surface area is 159 Å². The second-order valence-corrected chi connectivity index (χ2v) is 8.61. The summed E-state index contributed by atoms with van der Waals surface area (Å²) in [6, 6.07) is 14.4. The molecule has 0 atom stereocenters. The number of amides is 1. The van der Waals surface area contributed by atoms with E-state index in [0.29, 0.717) is 5.75 Å². The maximum absolute atomic E-state index is 12.0. The highest BCUT2D eigenvalue weighted by molar-refractivity contribution is 8.01. The molecule has 1 N–H and O–H groups in total. The van der Waals surface area contributed by atoms with E-state index < -0.39 is 0 Å². The molecular weight excluding hydrogens is 370 g/mol. The Morgan fingerprint density at radius 3 is 2.68 bits per heavy atom. The van der Waals surface area contributed by atoms with Crippen LogP contribution in [0.3, 0.4) is 0 Å². The fourth-order valence-electron chi connectivity index (χ4n) is 2.10. The van der Waals surface area contributed by atoms with Crippen LogP contribution >= 0.6 is 34.9 Å². The first-order chi connectivity index (χ1) is 12.1. The van der Waals surface area contributed by atoms with E-state index in [9.17, 15) is 4.79 Å². The zero-order valence-electron chi connectivity index (χ0n) is 13.9. The number of thioether (sulfide) groups is 1. The molecule has 7 heteroatoms. The van der Waals surface area contributed by atoms with Gasteiger partial charge in [-0.2, -0.15) is 0 Å². The van der Waals surface area contributed by atoms with Gasteiger partial charge in [-0.1, -0.05) is 47.0 Å². The maximum atomic E-state index is 12.0. The van der Waals surface area contributed by atoms with Gasteiger partial charge in [0.2, 0.25) is 5.91 Å². The molecular formula is C18H17N3OS3. The van der Waals surface area contributed by atoms with Crippen LogP contribution in [0, 0.1) is 13.8 Å². The van der Waals surface area contributed by atoms with E-state index in [1.165, 1.54) is 39.1 Å². The second-order valence-electron chi connectivity index (χ2n) is 5.44. The first-order valence-corrected chi connectivity index (χ1v) is 10.3. The number of hydrogen-bond acceptors (Lipinski definition) is 6. The van der Waals surface area contributed by atoms with Crippen LogP contribution in [0.1, 0.15) is 11.1 Å². The Kier molecular flexibility index (Phi) is 6.12. The predicted molar refractivity (Wildman–Crippen MR) is 106 cm³/mol. The number of benzene rings is 2. The number of rotatable bonds is 6. The van der Waals surface area contributed by atoms with Crippen LogP contribution in [-0.2, 0) is 4.79 Å². The molecule has 0 aliphatic rings. The molecule has 0 aliphatic carbocycles. The summed E-state index contributed by atoms with van der Waals surface area (Å²) < 4.78 is 0.801. The number of nitrogens with one attached hydrogen (secondary N) is 1. The normalized spacial score (nSPS) is 10.6. The highest BCUT2D eigenvalue weighted by atomic mass is 32.2. The third-order valence-electron chi connectivity index (χ3n) is 3.38. The molecule has 25 heavy (non-hydrogen) atoms. The summed E-state index contributed by atoms with van der Waals surface area (Å²) in [6.45, 7) is 4.22. The number of anilines is 1. The smallest absolute Gasteiger partial charge is 0.234 e. The van der Waals surface area contributed by atoms with Crippen molar-refractivity contribution in [2.45, 2.75) is 28.0 Å². The van der Waals surface area contributed by atoms with Gasteiger partial charge in [-0.25, -0.2) is 0 Å². The SMILES string of the molecule is Cc1ccc(C)c(Sc2ccc(NC(=O)CSc3nncs3)cc2)c1. The van der Waals surface area contributed by atoms with Crippen molar-refractivity contribution in [2.75, 3.05) is 11.1 Å². The van der Waals surface area contributed by atoms with Gasteiger partial charge in [0.25, 0.3) is 0 Å². The molecule has 0 spiro atoms. The van der Waals surface area contributed by atoms with Crippen molar-refractivity contribution in [3.05, 3.63) is 59.1 Å². The lowest BCUT2D eigenvalue weighted by Gasteiger charge is -2.08. The third kappa shape index (κ3) is 5.32. The summed E-state index contributed by atoms with van der Waals surface area (Å²) in [5.74, 6) is 0.281. The molecule has 0 fully saturated rings. The average Bonchev–Trinajstić information content (AvgIpc) is 3.12. The molecule has 0 saturated heterocycles. The molecule has 0 aliphatic heterocycles. The number of aromatic nitrogens is 2. The summed E-state index contributed by atoms with van der Waals surface area (Å²) in [5, 5.41) is 10.6. The lowest BCUT2D eigenvalue weighted by atomic mass is 10.2. The molecule has 1 amide bonds. The summed E-state index contributed by atoms with van der Waals surface area (Å²) in [4.78, 5) is 14.4. The van der Waals surface area contributed by atoms with E-state index in [1.54, 1.807) is 17.3 Å². The minimum absolute atomic E-state index is 0.0462. The molecule has 0 radical (unpaired) electrons. The Morgan fingerprint density at radius 1 is 1.16 bits per heavy atom.